The molecule has 59 valence electrons. The molecule has 3 nitrogen and oxygen atoms in total. The first-order valence-electron chi connectivity index (χ1n) is 3.90. The second kappa shape index (κ2) is 4.66. The molecule has 1 fully saturated rings. The van der Waals surface area contributed by atoms with Gasteiger partial charge in [0.25, 0.3) is 0 Å². The van der Waals surface area contributed by atoms with Gasteiger partial charge in [-0.05, 0) is 12.8 Å². The Morgan fingerprint density at radius 2 is 2.50 bits per heavy atom. The SMILES string of the molecule is [NH]CCCC1CNCCO1. The van der Waals surface area contributed by atoms with Crippen LogP contribution in [0.2, 0.25) is 0 Å². The Kier molecular flexibility index (Phi) is 3.72. The van der Waals surface area contributed by atoms with Crippen molar-refractivity contribution in [1.82, 2.24) is 11.1 Å². The third-order valence-corrected chi connectivity index (χ3v) is 1.71. The van der Waals surface area contributed by atoms with Crippen LogP contribution in [0.5, 0.6) is 0 Å². The Morgan fingerprint density at radius 3 is 3.10 bits per heavy atom. The fraction of sp³-hybridized carbons (Fsp3) is 1.00. The Labute approximate surface area is 61.9 Å². The Balaban J connectivity index is 2.02. The maximum absolute atomic E-state index is 6.95. The highest BCUT2D eigenvalue weighted by atomic mass is 16.5. The largest absolute Gasteiger partial charge is 0.376 e. The highest BCUT2D eigenvalue weighted by Crippen LogP contribution is 2.02. The Hall–Kier alpha value is -0.120. The van der Waals surface area contributed by atoms with Crippen LogP contribution in [0.15, 0.2) is 0 Å². The first-order valence-corrected chi connectivity index (χ1v) is 3.90. The molecule has 1 rings (SSSR count). The van der Waals surface area contributed by atoms with E-state index in [0.717, 1.165) is 32.5 Å². The van der Waals surface area contributed by atoms with Gasteiger partial charge in [-0.2, -0.15) is 0 Å². The minimum atomic E-state index is 0.374. The molecule has 0 aromatic carbocycles. The zero-order valence-corrected chi connectivity index (χ0v) is 6.23. The van der Waals surface area contributed by atoms with Crippen LogP contribution in [0.4, 0.5) is 0 Å². The van der Waals surface area contributed by atoms with E-state index in [4.69, 9.17) is 10.5 Å². The molecule has 3 heteroatoms. The molecule has 0 spiro atoms. The highest BCUT2D eigenvalue weighted by molar-refractivity contribution is 4.66. The number of ether oxygens (including phenoxy) is 1. The number of rotatable bonds is 3. The predicted molar refractivity (Wildman–Crippen MR) is 39.8 cm³/mol. The summed E-state index contributed by atoms with van der Waals surface area (Å²) in [5.41, 5.74) is 6.95. The van der Waals surface area contributed by atoms with Crippen molar-refractivity contribution >= 4 is 0 Å². The summed E-state index contributed by atoms with van der Waals surface area (Å²) in [6, 6.07) is 0. The van der Waals surface area contributed by atoms with E-state index in [2.05, 4.69) is 5.32 Å². The summed E-state index contributed by atoms with van der Waals surface area (Å²) in [4.78, 5) is 0. The molecular formula is C7H15N2O. The molecule has 1 radical (unpaired) electrons. The van der Waals surface area contributed by atoms with E-state index in [1.54, 1.807) is 0 Å². The van der Waals surface area contributed by atoms with Gasteiger partial charge in [-0.3, -0.25) is 5.73 Å². The number of hydrogen-bond acceptors (Lipinski definition) is 2. The normalized spacial score (nSPS) is 26.7. The maximum Gasteiger partial charge on any atom is 0.0700 e. The lowest BCUT2D eigenvalue weighted by molar-refractivity contribution is 0.0228. The van der Waals surface area contributed by atoms with Crippen molar-refractivity contribution in [2.75, 3.05) is 26.2 Å². The average molecular weight is 143 g/mol. The van der Waals surface area contributed by atoms with Crippen LogP contribution in [0.1, 0.15) is 12.8 Å². The van der Waals surface area contributed by atoms with E-state index in [1.165, 1.54) is 0 Å². The minimum absolute atomic E-state index is 0.374. The Morgan fingerprint density at radius 1 is 1.60 bits per heavy atom. The molecule has 1 saturated heterocycles. The molecule has 1 atom stereocenters. The van der Waals surface area contributed by atoms with E-state index in [-0.39, 0.29) is 0 Å². The van der Waals surface area contributed by atoms with Gasteiger partial charge in [0.1, 0.15) is 0 Å². The quantitative estimate of drug-likeness (QED) is 0.606. The average Bonchev–Trinajstić information content (AvgIpc) is 2.03. The van der Waals surface area contributed by atoms with Gasteiger partial charge in [0.15, 0.2) is 0 Å². The molecule has 0 amide bonds. The highest BCUT2D eigenvalue weighted by Gasteiger charge is 2.11. The Bertz CT molecular complexity index is 81.7. The van der Waals surface area contributed by atoms with Crippen LogP contribution in [0.25, 0.3) is 0 Å². The zero-order valence-electron chi connectivity index (χ0n) is 6.23. The van der Waals surface area contributed by atoms with Gasteiger partial charge in [-0.25, -0.2) is 0 Å². The topological polar surface area (TPSA) is 45.1 Å². The molecule has 1 aliphatic rings. The molecule has 1 unspecified atom stereocenters. The summed E-state index contributed by atoms with van der Waals surface area (Å²) in [6.07, 6.45) is 2.38. The maximum atomic E-state index is 6.95. The molecule has 0 aliphatic carbocycles. The van der Waals surface area contributed by atoms with Crippen molar-refractivity contribution in [3.63, 3.8) is 0 Å². The molecular weight excluding hydrogens is 128 g/mol. The summed E-state index contributed by atoms with van der Waals surface area (Å²) in [7, 11) is 0. The van der Waals surface area contributed by atoms with E-state index in [1.807, 2.05) is 0 Å². The molecule has 2 N–H and O–H groups in total. The van der Waals surface area contributed by atoms with Crippen molar-refractivity contribution in [1.29, 1.82) is 0 Å². The predicted octanol–water partition coefficient (Wildman–Crippen LogP) is 0.0379. The number of morpholine rings is 1. The van der Waals surface area contributed by atoms with E-state index >= 15 is 0 Å². The van der Waals surface area contributed by atoms with Gasteiger partial charge in [-0.15, -0.1) is 0 Å². The molecule has 1 aliphatic heterocycles. The summed E-state index contributed by atoms with van der Waals surface area (Å²) >= 11 is 0. The molecule has 0 aromatic rings. The van der Waals surface area contributed by atoms with E-state index in [0.29, 0.717) is 12.6 Å². The van der Waals surface area contributed by atoms with Crippen molar-refractivity contribution < 1.29 is 4.74 Å². The van der Waals surface area contributed by atoms with Crippen LogP contribution in [0.3, 0.4) is 0 Å². The van der Waals surface area contributed by atoms with Crippen molar-refractivity contribution in [3.05, 3.63) is 0 Å². The second-order valence-corrected chi connectivity index (χ2v) is 2.59. The minimum Gasteiger partial charge on any atom is -0.376 e. The van der Waals surface area contributed by atoms with Crippen LogP contribution in [0, 0.1) is 0 Å². The molecule has 1 heterocycles. The summed E-state index contributed by atoms with van der Waals surface area (Å²) in [5.74, 6) is 0. The number of nitrogens with one attached hydrogen (secondary N) is 2. The van der Waals surface area contributed by atoms with Crippen LogP contribution < -0.4 is 11.1 Å². The van der Waals surface area contributed by atoms with Gasteiger partial charge >= 0.3 is 0 Å². The third kappa shape index (κ3) is 2.64. The fourth-order valence-electron chi connectivity index (χ4n) is 1.13. The zero-order chi connectivity index (χ0) is 7.23. The van der Waals surface area contributed by atoms with Crippen LogP contribution >= 0.6 is 0 Å². The van der Waals surface area contributed by atoms with E-state index < -0.39 is 0 Å². The first-order chi connectivity index (χ1) is 4.93. The summed E-state index contributed by atoms with van der Waals surface area (Å²) in [5, 5.41) is 3.26. The lowest BCUT2D eigenvalue weighted by Crippen LogP contribution is -2.38. The molecule has 0 bridgehead atoms. The summed E-state index contributed by atoms with van der Waals surface area (Å²) < 4.78 is 5.43. The van der Waals surface area contributed by atoms with Gasteiger partial charge in [0.05, 0.1) is 12.7 Å². The van der Waals surface area contributed by atoms with Gasteiger partial charge in [0, 0.05) is 19.6 Å². The van der Waals surface area contributed by atoms with Gasteiger partial charge in [-0.1, -0.05) is 0 Å². The fourth-order valence-corrected chi connectivity index (χ4v) is 1.13. The van der Waals surface area contributed by atoms with Gasteiger partial charge < -0.3 is 10.1 Å². The first kappa shape index (κ1) is 7.98. The monoisotopic (exact) mass is 143 g/mol. The van der Waals surface area contributed by atoms with Crippen LogP contribution in [-0.2, 0) is 4.74 Å². The molecule has 0 aromatic heterocycles. The van der Waals surface area contributed by atoms with Gasteiger partial charge in [0.2, 0.25) is 0 Å². The smallest absolute Gasteiger partial charge is 0.0700 e. The standard InChI is InChI=1S/C7H15N2O/c8-3-1-2-7-6-9-4-5-10-7/h7-9H,1-6H2. The van der Waals surface area contributed by atoms with Crippen molar-refractivity contribution in [2.45, 2.75) is 18.9 Å². The third-order valence-electron chi connectivity index (χ3n) is 1.71. The van der Waals surface area contributed by atoms with Crippen molar-refractivity contribution in [2.24, 2.45) is 0 Å². The number of hydrogen-bond donors (Lipinski definition) is 1. The molecule has 0 saturated carbocycles. The lowest BCUT2D eigenvalue weighted by atomic mass is 10.2. The second-order valence-electron chi connectivity index (χ2n) is 2.59. The summed E-state index contributed by atoms with van der Waals surface area (Å²) in [6.45, 7) is 3.32. The van der Waals surface area contributed by atoms with E-state index in [9.17, 15) is 0 Å². The molecule has 10 heavy (non-hydrogen) atoms. The lowest BCUT2D eigenvalue weighted by Gasteiger charge is -2.23. The van der Waals surface area contributed by atoms with Crippen molar-refractivity contribution in [3.8, 4) is 0 Å². The van der Waals surface area contributed by atoms with Crippen LogP contribution in [-0.4, -0.2) is 32.3 Å².